The molecule has 1 amide bonds. The molecule has 0 aliphatic carbocycles. The van der Waals surface area contributed by atoms with Gasteiger partial charge in [0, 0.05) is 23.5 Å². The van der Waals surface area contributed by atoms with E-state index in [1.54, 1.807) is 40.7 Å². The fraction of sp³-hybridized carbons (Fsp3) is 0.273. The minimum absolute atomic E-state index is 0.121. The third-order valence-electron chi connectivity index (χ3n) is 7.39. The Morgan fingerprint density at radius 2 is 1.87 bits per heavy atom. The monoisotopic (exact) mass is 645 g/mol. The number of hydrogen-bond acceptors (Lipinski definition) is 10. The summed E-state index contributed by atoms with van der Waals surface area (Å²) in [4.78, 5) is 48.0. The van der Waals surface area contributed by atoms with Crippen LogP contribution in [0, 0.1) is 0 Å². The first-order chi connectivity index (χ1) is 22.0. The van der Waals surface area contributed by atoms with E-state index in [0.29, 0.717) is 64.0 Å². The molecule has 0 radical (unpaired) electrons. The predicted octanol–water partition coefficient (Wildman–Crippen LogP) is 3.24. The van der Waals surface area contributed by atoms with E-state index in [2.05, 4.69) is 0 Å². The average Bonchev–Trinajstić information content (AvgIpc) is 3.72. The summed E-state index contributed by atoms with van der Waals surface area (Å²) in [6.07, 6.45) is 1.76. The molecule has 0 N–H and O–H groups in total. The van der Waals surface area contributed by atoms with Crippen LogP contribution in [0.4, 0.5) is 0 Å². The molecule has 4 aromatic rings. The molecule has 0 unspecified atom stereocenters. The van der Waals surface area contributed by atoms with Crippen LogP contribution >= 0.6 is 22.7 Å². The number of thiazole rings is 1. The van der Waals surface area contributed by atoms with Crippen molar-refractivity contribution < 1.29 is 28.5 Å². The lowest BCUT2D eigenvalue weighted by molar-refractivity contribution is -0.139. The van der Waals surface area contributed by atoms with Gasteiger partial charge in [0.1, 0.15) is 6.04 Å². The van der Waals surface area contributed by atoms with Crippen molar-refractivity contribution in [2.45, 2.75) is 13.0 Å². The van der Waals surface area contributed by atoms with Crippen LogP contribution in [0.1, 0.15) is 29.0 Å². The van der Waals surface area contributed by atoms with E-state index in [1.807, 2.05) is 47.8 Å². The van der Waals surface area contributed by atoms with Gasteiger partial charge in [-0.1, -0.05) is 53.8 Å². The summed E-state index contributed by atoms with van der Waals surface area (Å²) in [6.45, 7) is 3.93. The second-order valence-electron chi connectivity index (χ2n) is 10.1. The van der Waals surface area contributed by atoms with E-state index in [1.165, 1.54) is 29.8 Å². The minimum Gasteiger partial charge on any atom is -0.493 e. The van der Waals surface area contributed by atoms with Gasteiger partial charge in [0.05, 0.1) is 42.7 Å². The predicted molar refractivity (Wildman–Crippen MR) is 171 cm³/mol. The van der Waals surface area contributed by atoms with Gasteiger partial charge < -0.3 is 23.8 Å². The van der Waals surface area contributed by atoms with Gasteiger partial charge in [-0.2, -0.15) is 0 Å². The summed E-state index contributed by atoms with van der Waals surface area (Å²) in [5.41, 5.74) is 1.98. The number of esters is 1. The molecule has 4 heterocycles. The number of ether oxygens (including phenoxy) is 4. The van der Waals surface area contributed by atoms with E-state index in [-0.39, 0.29) is 24.7 Å². The Morgan fingerprint density at radius 1 is 1.07 bits per heavy atom. The summed E-state index contributed by atoms with van der Waals surface area (Å²) in [7, 11) is 1.52. The Balaban J connectivity index is 1.39. The SMILES string of the molecule is CCOC(=O)C1=C(c2ccccc2)N=c2s/c(=C/c3ccc(OCC(=O)N4CCOCC4)c(OC)c3)c(=O)n2[C@@H]1c1cccs1. The second kappa shape index (κ2) is 13.6. The van der Waals surface area contributed by atoms with Gasteiger partial charge in [0.2, 0.25) is 0 Å². The topological polar surface area (TPSA) is 109 Å². The van der Waals surface area contributed by atoms with Crippen LogP contribution in [0.15, 0.2) is 81.4 Å². The quantitative estimate of drug-likeness (QED) is 0.257. The number of morpholine rings is 1. The maximum absolute atomic E-state index is 14.0. The number of benzene rings is 2. The van der Waals surface area contributed by atoms with Gasteiger partial charge in [-0.05, 0) is 42.1 Å². The maximum atomic E-state index is 14.0. The third kappa shape index (κ3) is 6.35. The summed E-state index contributed by atoms with van der Waals surface area (Å²) < 4.78 is 24.2. The molecule has 1 atom stereocenters. The zero-order valence-corrected chi connectivity index (χ0v) is 26.4. The number of carbonyl (C=O) groups excluding carboxylic acids is 2. The summed E-state index contributed by atoms with van der Waals surface area (Å²) >= 11 is 2.71. The fourth-order valence-electron chi connectivity index (χ4n) is 5.24. The van der Waals surface area contributed by atoms with Crippen molar-refractivity contribution in [1.29, 1.82) is 0 Å². The molecule has 1 saturated heterocycles. The number of carbonyl (C=O) groups is 2. The van der Waals surface area contributed by atoms with Crippen molar-refractivity contribution in [2.24, 2.45) is 4.99 Å². The standard InChI is InChI=1S/C33H31N3O7S2/c1-3-42-32(39)28-29(22-8-5-4-6-9-22)34-33-36(30(28)25-10-7-17-44-25)31(38)26(45-33)19-21-11-12-23(24(18-21)40-2)43-20-27(37)35-13-15-41-16-14-35/h4-12,17-19,30H,3,13-16,20H2,1-2H3/b26-19+/t30-/m1/s1. The third-order valence-corrected chi connectivity index (χ3v) is 9.29. The zero-order chi connectivity index (χ0) is 31.3. The molecule has 2 aliphatic heterocycles. The van der Waals surface area contributed by atoms with Crippen molar-refractivity contribution in [3.8, 4) is 11.5 Å². The molecule has 0 spiro atoms. The van der Waals surface area contributed by atoms with Crippen LogP contribution in [-0.2, 0) is 19.1 Å². The van der Waals surface area contributed by atoms with E-state index in [4.69, 9.17) is 23.9 Å². The van der Waals surface area contributed by atoms with Crippen LogP contribution in [0.5, 0.6) is 11.5 Å². The highest BCUT2D eigenvalue weighted by atomic mass is 32.1. The molecule has 2 aromatic carbocycles. The minimum atomic E-state index is -0.702. The van der Waals surface area contributed by atoms with E-state index < -0.39 is 12.0 Å². The molecule has 2 aromatic heterocycles. The van der Waals surface area contributed by atoms with Crippen LogP contribution in [0.25, 0.3) is 11.8 Å². The van der Waals surface area contributed by atoms with Crippen molar-refractivity contribution in [3.63, 3.8) is 0 Å². The largest absolute Gasteiger partial charge is 0.493 e. The number of rotatable bonds is 9. The van der Waals surface area contributed by atoms with E-state index in [0.717, 1.165) is 10.4 Å². The van der Waals surface area contributed by atoms with Crippen LogP contribution < -0.4 is 24.4 Å². The summed E-state index contributed by atoms with van der Waals surface area (Å²) in [6, 6.07) is 17.8. The number of methoxy groups -OCH3 is 1. The lowest BCUT2D eigenvalue weighted by Gasteiger charge is -2.26. The van der Waals surface area contributed by atoms with Crippen molar-refractivity contribution in [3.05, 3.63) is 107 Å². The number of hydrogen-bond donors (Lipinski definition) is 0. The molecule has 12 heteroatoms. The molecule has 1 fully saturated rings. The van der Waals surface area contributed by atoms with E-state index in [9.17, 15) is 14.4 Å². The Bertz CT molecular complexity index is 1910. The number of fused-ring (bicyclic) bond motifs is 1. The Morgan fingerprint density at radius 3 is 2.58 bits per heavy atom. The lowest BCUT2D eigenvalue weighted by Crippen LogP contribution is -2.43. The maximum Gasteiger partial charge on any atom is 0.338 e. The Labute approximate surface area is 267 Å². The van der Waals surface area contributed by atoms with Crippen LogP contribution in [0.2, 0.25) is 0 Å². The first kappa shape index (κ1) is 30.5. The smallest absolute Gasteiger partial charge is 0.338 e. The zero-order valence-electron chi connectivity index (χ0n) is 24.8. The normalized spacial score (nSPS) is 16.6. The molecule has 10 nitrogen and oxygen atoms in total. The summed E-state index contributed by atoms with van der Waals surface area (Å²) in [5, 5.41) is 1.92. The Kier molecular flexibility index (Phi) is 9.24. The molecule has 0 bridgehead atoms. The molecule has 2 aliphatic rings. The number of nitrogens with zero attached hydrogens (tertiary/aromatic N) is 3. The van der Waals surface area contributed by atoms with Crippen molar-refractivity contribution >= 4 is 46.3 Å². The highest BCUT2D eigenvalue weighted by Gasteiger charge is 2.35. The van der Waals surface area contributed by atoms with Crippen LogP contribution in [0.3, 0.4) is 0 Å². The molecular weight excluding hydrogens is 615 g/mol. The molecule has 232 valence electrons. The van der Waals surface area contributed by atoms with Crippen molar-refractivity contribution in [1.82, 2.24) is 9.47 Å². The van der Waals surface area contributed by atoms with Crippen molar-refractivity contribution in [2.75, 3.05) is 46.6 Å². The highest BCUT2D eigenvalue weighted by Crippen LogP contribution is 2.37. The van der Waals surface area contributed by atoms with Gasteiger partial charge in [-0.3, -0.25) is 14.2 Å². The lowest BCUT2D eigenvalue weighted by atomic mass is 9.97. The van der Waals surface area contributed by atoms with Gasteiger partial charge in [-0.25, -0.2) is 9.79 Å². The fourth-order valence-corrected chi connectivity index (χ4v) is 7.07. The molecule has 0 saturated carbocycles. The van der Waals surface area contributed by atoms with Crippen LogP contribution in [-0.4, -0.2) is 68.0 Å². The molecular formula is C33H31N3O7S2. The molecule has 6 rings (SSSR count). The second-order valence-corrected chi connectivity index (χ2v) is 12.1. The number of amides is 1. The summed E-state index contributed by atoms with van der Waals surface area (Å²) in [5.74, 6) is 0.212. The number of aromatic nitrogens is 1. The van der Waals surface area contributed by atoms with Gasteiger partial charge >= 0.3 is 5.97 Å². The Hall–Kier alpha value is -4.52. The van der Waals surface area contributed by atoms with Gasteiger partial charge in [0.15, 0.2) is 22.9 Å². The first-order valence-electron chi connectivity index (χ1n) is 14.5. The molecule has 45 heavy (non-hydrogen) atoms. The van der Waals surface area contributed by atoms with Gasteiger partial charge in [-0.15, -0.1) is 11.3 Å². The van der Waals surface area contributed by atoms with Gasteiger partial charge in [0.25, 0.3) is 11.5 Å². The average molecular weight is 646 g/mol. The first-order valence-corrected chi connectivity index (χ1v) is 16.2. The number of thiophene rings is 1. The highest BCUT2D eigenvalue weighted by molar-refractivity contribution is 7.10. The van der Waals surface area contributed by atoms with E-state index >= 15 is 0 Å².